The Kier molecular flexibility index (Phi) is 6.14. The van der Waals surface area contributed by atoms with Crippen LogP contribution in [0.2, 0.25) is 0 Å². The van der Waals surface area contributed by atoms with E-state index in [0.29, 0.717) is 32.5 Å². The summed E-state index contributed by atoms with van der Waals surface area (Å²) in [5.41, 5.74) is 1.27. The van der Waals surface area contributed by atoms with Crippen LogP contribution in [0.3, 0.4) is 0 Å². The van der Waals surface area contributed by atoms with Gasteiger partial charge in [-0.3, -0.25) is 9.59 Å². The number of rotatable bonds is 6. The molecule has 2 heterocycles. The SMILES string of the molecule is O=C(O)C1CCO[C@H]1C1CCN(C(=O)CCCc2ccc3ccccc3c2)CC1. The fourth-order valence-electron chi connectivity index (χ4n) is 4.81. The van der Waals surface area contributed by atoms with Crippen LogP contribution >= 0.6 is 0 Å². The van der Waals surface area contributed by atoms with E-state index < -0.39 is 5.97 Å². The van der Waals surface area contributed by atoms with Gasteiger partial charge in [-0.05, 0) is 54.4 Å². The Hall–Kier alpha value is -2.40. The van der Waals surface area contributed by atoms with Gasteiger partial charge < -0.3 is 14.7 Å². The summed E-state index contributed by atoms with van der Waals surface area (Å²) in [5.74, 6) is -0.671. The molecule has 0 aromatic heterocycles. The number of aryl methyl sites for hydroxylation is 1. The molecular weight excluding hydrogens is 366 g/mol. The minimum Gasteiger partial charge on any atom is -0.481 e. The molecule has 2 aliphatic rings. The summed E-state index contributed by atoms with van der Waals surface area (Å²) < 4.78 is 5.72. The van der Waals surface area contributed by atoms with Crippen molar-refractivity contribution >= 4 is 22.6 Å². The molecule has 2 aliphatic heterocycles. The number of piperidine rings is 1. The molecule has 154 valence electrons. The third kappa shape index (κ3) is 4.61. The van der Waals surface area contributed by atoms with E-state index in [2.05, 4.69) is 36.4 Å². The summed E-state index contributed by atoms with van der Waals surface area (Å²) in [4.78, 5) is 25.9. The average molecular weight is 395 g/mol. The van der Waals surface area contributed by atoms with Gasteiger partial charge in [0.25, 0.3) is 0 Å². The molecular formula is C24H29NO4. The number of likely N-dealkylation sites (tertiary alicyclic amines) is 1. The van der Waals surface area contributed by atoms with Gasteiger partial charge in [-0.15, -0.1) is 0 Å². The van der Waals surface area contributed by atoms with Crippen LogP contribution in [0.15, 0.2) is 42.5 Å². The maximum atomic E-state index is 12.6. The summed E-state index contributed by atoms with van der Waals surface area (Å²) in [7, 11) is 0. The number of nitrogens with zero attached hydrogens (tertiary/aromatic N) is 1. The second-order valence-corrected chi connectivity index (χ2v) is 8.32. The number of hydrogen-bond donors (Lipinski definition) is 1. The fraction of sp³-hybridized carbons (Fsp3) is 0.500. The number of carbonyl (C=O) groups is 2. The van der Waals surface area contributed by atoms with Gasteiger partial charge in [-0.2, -0.15) is 0 Å². The summed E-state index contributed by atoms with van der Waals surface area (Å²) in [6.45, 7) is 1.97. The molecule has 5 nitrogen and oxygen atoms in total. The van der Waals surface area contributed by atoms with E-state index in [1.54, 1.807) is 0 Å². The lowest BCUT2D eigenvalue weighted by Gasteiger charge is -2.35. The fourth-order valence-corrected chi connectivity index (χ4v) is 4.81. The molecule has 1 unspecified atom stereocenters. The Morgan fingerprint density at radius 1 is 1.03 bits per heavy atom. The van der Waals surface area contributed by atoms with E-state index >= 15 is 0 Å². The maximum Gasteiger partial charge on any atom is 0.309 e. The van der Waals surface area contributed by atoms with Gasteiger partial charge >= 0.3 is 5.97 Å². The molecule has 29 heavy (non-hydrogen) atoms. The van der Waals surface area contributed by atoms with E-state index in [0.717, 1.165) is 25.7 Å². The lowest BCUT2D eigenvalue weighted by molar-refractivity contribution is -0.146. The molecule has 0 radical (unpaired) electrons. The smallest absolute Gasteiger partial charge is 0.309 e. The van der Waals surface area contributed by atoms with E-state index in [-0.39, 0.29) is 23.8 Å². The van der Waals surface area contributed by atoms with Gasteiger partial charge in [-0.1, -0.05) is 42.5 Å². The molecule has 1 N–H and O–H groups in total. The van der Waals surface area contributed by atoms with Gasteiger partial charge in [0.05, 0.1) is 12.0 Å². The first-order valence-corrected chi connectivity index (χ1v) is 10.7. The zero-order valence-electron chi connectivity index (χ0n) is 16.8. The van der Waals surface area contributed by atoms with Crippen molar-refractivity contribution in [3.8, 4) is 0 Å². The third-order valence-corrected chi connectivity index (χ3v) is 6.48. The molecule has 2 saturated heterocycles. The number of carboxylic acid groups (broad SMARTS) is 1. The van der Waals surface area contributed by atoms with Crippen LogP contribution in [0.5, 0.6) is 0 Å². The molecule has 0 aliphatic carbocycles. The van der Waals surface area contributed by atoms with Crippen LogP contribution in [0.1, 0.15) is 37.7 Å². The van der Waals surface area contributed by atoms with Gasteiger partial charge in [-0.25, -0.2) is 0 Å². The Morgan fingerprint density at radius 2 is 1.79 bits per heavy atom. The number of aliphatic carboxylic acids is 1. The van der Waals surface area contributed by atoms with E-state index in [1.165, 1.54) is 16.3 Å². The van der Waals surface area contributed by atoms with Crippen molar-refractivity contribution in [2.75, 3.05) is 19.7 Å². The topological polar surface area (TPSA) is 66.8 Å². The van der Waals surface area contributed by atoms with Crippen LogP contribution in [-0.4, -0.2) is 47.7 Å². The molecule has 0 saturated carbocycles. The highest BCUT2D eigenvalue weighted by Gasteiger charge is 2.40. The predicted molar refractivity (Wildman–Crippen MR) is 112 cm³/mol. The molecule has 2 fully saturated rings. The van der Waals surface area contributed by atoms with Crippen LogP contribution < -0.4 is 0 Å². The van der Waals surface area contributed by atoms with Gasteiger partial charge in [0, 0.05) is 26.1 Å². The molecule has 4 rings (SSSR count). The summed E-state index contributed by atoms with van der Waals surface area (Å²) in [6, 6.07) is 14.8. The largest absolute Gasteiger partial charge is 0.481 e. The molecule has 2 aromatic carbocycles. The van der Waals surface area contributed by atoms with Gasteiger partial charge in [0.2, 0.25) is 5.91 Å². The monoisotopic (exact) mass is 395 g/mol. The van der Waals surface area contributed by atoms with Crippen molar-refractivity contribution in [3.05, 3.63) is 48.0 Å². The maximum absolute atomic E-state index is 12.6. The van der Waals surface area contributed by atoms with E-state index in [1.807, 2.05) is 11.0 Å². The van der Waals surface area contributed by atoms with Crippen molar-refractivity contribution in [3.63, 3.8) is 0 Å². The van der Waals surface area contributed by atoms with Crippen molar-refractivity contribution in [1.29, 1.82) is 0 Å². The Labute approximate surface area is 171 Å². The lowest BCUT2D eigenvalue weighted by Crippen LogP contribution is -2.43. The molecule has 1 amide bonds. The lowest BCUT2D eigenvalue weighted by atomic mass is 9.84. The van der Waals surface area contributed by atoms with Gasteiger partial charge in [0.1, 0.15) is 0 Å². The Balaban J connectivity index is 1.23. The quantitative estimate of drug-likeness (QED) is 0.806. The van der Waals surface area contributed by atoms with Crippen LogP contribution in [-0.2, 0) is 20.7 Å². The minimum absolute atomic E-state index is 0.183. The number of benzene rings is 2. The number of carbonyl (C=O) groups excluding carboxylic acids is 1. The second kappa shape index (κ2) is 8.95. The van der Waals surface area contributed by atoms with E-state index in [4.69, 9.17) is 4.74 Å². The first-order valence-electron chi connectivity index (χ1n) is 10.7. The molecule has 0 bridgehead atoms. The second-order valence-electron chi connectivity index (χ2n) is 8.32. The molecule has 2 aromatic rings. The van der Waals surface area contributed by atoms with Crippen molar-refractivity contribution in [2.45, 2.75) is 44.6 Å². The van der Waals surface area contributed by atoms with Gasteiger partial charge in [0.15, 0.2) is 0 Å². The summed E-state index contributed by atoms with van der Waals surface area (Å²) in [5, 5.41) is 11.8. The van der Waals surface area contributed by atoms with Crippen LogP contribution in [0.25, 0.3) is 10.8 Å². The number of ether oxygens (including phenoxy) is 1. The highest BCUT2D eigenvalue weighted by atomic mass is 16.5. The number of fused-ring (bicyclic) bond motifs is 1. The zero-order chi connectivity index (χ0) is 20.2. The molecule has 5 heteroatoms. The van der Waals surface area contributed by atoms with Crippen molar-refractivity contribution < 1.29 is 19.4 Å². The molecule has 2 atom stereocenters. The highest BCUT2D eigenvalue weighted by molar-refractivity contribution is 5.83. The van der Waals surface area contributed by atoms with E-state index in [9.17, 15) is 14.7 Å². The minimum atomic E-state index is -0.750. The standard InChI is InChI=1S/C24H29NO4/c26-22(7-3-4-17-8-9-18-5-1-2-6-20(18)16-17)25-13-10-19(11-14-25)23-21(24(27)28)12-15-29-23/h1-2,5-6,8-9,16,19,21,23H,3-4,7,10-15H2,(H,27,28)/t21?,23-/m0/s1. The summed E-state index contributed by atoms with van der Waals surface area (Å²) in [6.07, 6.45) is 4.42. The zero-order valence-corrected chi connectivity index (χ0v) is 16.8. The van der Waals surface area contributed by atoms with Crippen LogP contribution in [0, 0.1) is 11.8 Å². The Bertz CT molecular complexity index is 872. The Morgan fingerprint density at radius 3 is 2.55 bits per heavy atom. The normalized spacial score (nSPS) is 22.8. The average Bonchev–Trinajstić information content (AvgIpc) is 3.24. The first kappa shape index (κ1) is 19.9. The molecule has 0 spiro atoms. The third-order valence-electron chi connectivity index (χ3n) is 6.48. The summed E-state index contributed by atoms with van der Waals surface area (Å²) >= 11 is 0. The number of hydrogen-bond acceptors (Lipinski definition) is 3. The van der Waals surface area contributed by atoms with Crippen molar-refractivity contribution in [2.24, 2.45) is 11.8 Å². The highest BCUT2D eigenvalue weighted by Crippen LogP contribution is 2.33. The van der Waals surface area contributed by atoms with Crippen LogP contribution in [0.4, 0.5) is 0 Å². The predicted octanol–water partition coefficient (Wildman–Crippen LogP) is 3.89. The number of amides is 1. The first-order chi connectivity index (χ1) is 14.1. The number of carboxylic acids is 1. The van der Waals surface area contributed by atoms with Crippen molar-refractivity contribution in [1.82, 2.24) is 4.90 Å².